The normalized spacial score (nSPS) is 34.0. The number of carbonyl (C=O) groups is 1. The van der Waals surface area contributed by atoms with Crippen molar-refractivity contribution in [2.24, 2.45) is 5.41 Å². The molecule has 9 heteroatoms. The summed E-state index contributed by atoms with van der Waals surface area (Å²) in [6.07, 6.45) is 0.692. The molecule has 1 aliphatic carbocycles. The van der Waals surface area contributed by atoms with E-state index in [2.05, 4.69) is 0 Å². The second-order valence-electron chi connectivity index (χ2n) is 9.37. The molecule has 1 saturated heterocycles. The van der Waals surface area contributed by atoms with Gasteiger partial charge in [-0.05, 0) is 30.0 Å². The number of methoxy groups -OCH3 is 1. The summed E-state index contributed by atoms with van der Waals surface area (Å²) in [5.41, 5.74) is -0.969. The van der Waals surface area contributed by atoms with E-state index in [0.29, 0.717) is 29.1 Å². The van der Waals surface area contributed by atoms with Gasteiger partial charge >= 0.3 is 0 Å². The van der Waals surface area contributed by atoms with Gasteiger partial charge in [0.2, 0.25) is 0 Å². The van der Waals surface area contributed by atoms with Crippen LogP contribution in [-0.2, 0) is 19.4 Å². The first-order valence-corrected chi connectivity index (χ1v) is 11.6. The van der Waals surface area contributed by atoms with Gasteiger partial charge in [0.15, 0.2) is 21.2 Å². The molecule has 3 aliphatic rings. The van der Waals surface area contributed by atoms with Crippen molar-refractivity contribution in [1.29, 1.82) is 0 Å². The smallest absolute Gasteiger partial charge is 0.266 e. The third-order valence-electron chi connectivity index (χ3n) is 6.57. The lowest BCUT2D eigenvalue weighted by Gasteiger charge is -2.46. The predicted molar refractivity (Wildman–Crippen MR) is 109 cm³/mol. The summed E-state index contributed by atoms with van der Waals surface area (Å²) < 4.78 is 37.7. The number of hydrogen-bond acceptors (Lipinski definition) is 7. The quantitative estimate of drug-likeness (QED) is 0.530. The zero-order chi connectivity index (χ0) is 22.1. The zero-order valence-electron chi connectivity index (χ0n) is 17.4. The summed E-state index contributed by atoms with van der Waals surface area (Å²) in [6.45, 7) is 5.37. The van der Waals surface area contributed by atoms with Gasteiger partial charge in [-0.15, -0.1) is 0 Å². The van der Waals surface area contributed by atoms with Crippen LogP contribution in [0.2, 0.25) is 0 Å². The lowest BCUT2D eigenvalue weighted by molar-refractivity contribution is -0.537. The van der Waals surface area contributed by atoms with E-state index in [9.17, 15) is 23.3 Å². The number of benzene rings is 1. The zero-order valence-corrected chi connectivity index (χ0v) is 18.2. The predicted octanol–water partition coefficient (Wildman–Crippen LogP) is 2.65. The molecular weight excluding hydrogens is 410 g/mol. The molecule has 0 N–H and O–H groups in total. The number of fused-ring (bicyclic) bond motifs is 1. The number of nitrogens with zero attached hydrogens (tertiary/aromatic N) is 1. The highest BCUT2D eigenvalue weighted by Crippen LogP contribution is 2.55. The third kappa shape index (κ3) is 3.02. The Bertz CT molecular complexity index is 1060. The summed E-state index contributed by atoms with van der Waals surface area (Å²) in [5, 5.41) is 10.6. The number of rotatable bonds is 3. The number of hydrogen-bond donors (Lipinski definition) is 0. The summed E-state index contributed by atoms with van der Waals surface area (Å²) in [4.78, 5) is 24.4. The molecule has 162 valence electrons. The lowest BCUT2D eigenvalue weighted by Crippen LogP contribution is -2.56. The van der Waals surface area contributed by atoms with Crippen LogP contribution >= 0.6 is 0 Å². The van der Waals surface area contributed by atoms with Gasteiger partial charge in [-0.3, -0.25) is 14.9 Å². The van der Waals surface area contributed by atoms with Crippen molar-refractivity contribution in [2.45, 2.75) is 56.4 Å². The minimum atomic E-state index is -3.90. The summed E-state index contributed by atoms with van der Waals surface area (Å²) in [5.74, 6) is -0.602. The third-order valence-corrected chi connectivity index (χ3v) is 8.86. The number of nitro groups is 1. The monoisotopic (exact) mass is 435 g/mol. The van der Waals surface area contributed by atoms with Gasteiger partial charge < -0.3 is 9.47 Å². The molecule has 2 heterocycles. The molecule has 4 rings (SSSR count). The Kier molecular flexibility index (Phi) is 4.54. The molecule has 0 saturated carbocycles. The van der Waals surface area contributed by atoms with Crippen molar-refractivity contribution in [1.82, 2.24) is 0 Å². The van der Waals surface area contributed by atoms with Gasteiger partial charge in [-0.25, -0.2) is 8.42 Å². The maximum Gasteiger partial charge on any atom is 0.266 e. The number of carbonyl (C=O) groups excluding carboxylic acids is 1. The molecule has 2 aliphatic heterocycles. The highest BCUT2D eigenvalue weighted by Gasteiger charge is 2.70. The standard InChI is InChI=1S/C21H25NO7S/c1-20(2)9-14(23)18-15(10-20)29-21(3)16(22(24)25)11-30(26,27)19(21)17(18)12-5-7-13(28-4)8-6-12/h5-8,16-17,19H,9-11H2,1-4H3/t16-,17-,19+,21-/m1/s1. The van der Waals surface area contributed by atoms with Crippen LogP contribution in [0.4, 0.5) is 0 Å². The van der Waals surface area contributed by atoms with E-state index in [0.717, 1.165) is 0 Å². The highest BCUT2D eigenvalue weighted by atomic mass is 32.2. The first kappa shape index (κ1) is 20.8. The Morgan fingerprint density at radius 3 is 2.37 bits per heavy atom. The molecule has 1 aromatic carbocycles. The van der Waals surface area contributed by atoms with E-state index in [-0.39, 0.29) is 17.6 Å². The molecule has 0 bridgehead atoms. The highest BCUT2D eigenvalue weighted by molar-refractivity contribution is 7.92. The molecule has 0 spiro atoms. The molecule has 4 atom stereocenters. The van der Waals surface area contributed by atoms with E-state index in [1.807, 2.05) is 13.8 Å². The SMILES string of the molecule is COc1ccc([C@@H]2C3=C(CC(C)(C)CC3=O)O[C@]3(C)[C@H]([N+](=O)[O-])CS(=O)(=O)[C@@H]23)cc1. The van der Waals surface area contributed by atoms with E-state index in [1.54, 1.807) is 24.3 Å². The molecule has 0 radical (unpaired) electrons. The fraction of sp³-hybridized carbons (Fsp3) is 0.571. The first-order valence-electron chi connectivity index (χ1n) is 9.84. The van der Waals surface area contributed by atoms with Gasteiger partial charge in [-0.2, -0.15) is 0 Å². The van der Waals surface area contributed by atoms with Crippen molar-refractivity contribution < 1.29 is 27.6 Å². The second kappa shape index (κ2) is 6.54. The Balaban J connectivity index is 1.97. The van der Waals surface area contributed by atoms with Gasteiger partial charge in [0.1, 0.15) is 22.5 Å². The number of sulfone groups is 1. The minimum absolute atomic E-state index is 0.163. The first-order chi connectivity index (χ1) is 13.9. The van der Waals surface area contributed by atoms with Crippen molar-refractivity contribution in [2.75, 3.05) is 12.9 Å². The number of Topliss-reactive ketones (excluding diaryl/α,β-unsaturated/α-hetero) is 1. The van der Waals surface area contributed by atoms with Crippen LogP contribution in [0.15, 0.2) is 35.6 Å². The second-order valence-corrected chi connectivity index (χ2v) is 11.5. The van der Waals surface area contributed by atoms with E-state index in [4.69, 9.17) is 9.47 Å². The molecular formula is C21H25NO7S. The largest absolute Gasteiger partial charge is 0.497 e. The van der Waals surface area contributed by atoms with Crippen LogP contribution in [0.1, 0.15) is 45.1 Å². The summed E-state index contributed by atoms with van der Waals surface area (Å²) >= 11 is 0. The maximum atomic E-state index is 13.2. The maximum absolute atomic E-state index is 13.2. The van der Waals surface area contributed by atoms with Crippen LogP contribution in [0.3, 0.4) is 0 Å². The van der Waals surface area contributed by atoms with Crippen LogP contribution in [0.25, 0.3) is 0 Å². The molecule has 30 heavy (non-hydrogen) atoms. The van der Waals surface area contributed by atoms with Crippen LogP contribution in [0, 0.1) is 15.5 Å². The Morgan fingerprint density at radius 1 is 1.17 bits per heavy atom. The van der Waals surface area contributed by atoms with E-state index < -0.39 is 43.3 Å². The summed E-state index contributed by atoms with van der Waals surface area (Å²) in [6, 6.07) is 5.45. The molecule has 0 unspecified atom stereocenters. The average Bonchev–Trinajstić information content (AvgIpc) is 2.85. The number of ether oxygens (including phenoxy) is 2. The van der Waals surface area contributed by atoms with Crippen molar-refractivity contribution in [3.63, 3.8) is 0 Å². The van der Waals surface area contributed by atoms with Crippen molar-refractivity contribution in [3.05, 3.63) is 51.3 Å². The minimum Gasteiger partial charge on any atom is -0.497 e. The Hall–Kier alpha value is -2.42. The molecule has 0 aromatic heterocycles. The van der Waals surface area contributed by atoms with Gasteiger partial charge in [0.05, 0.1) is 7.11 Å². The summed E-state index contributed by atoms with van der Waals surface area (Å²) in [7, 11) is -2.38. The average molecular weight is 435 g/mol. The Labute approximate surface area is 175 Å². The fourth-order valence-electron chi connectivity index (χ4n) is 5.26. The molecule has 8 nitrogen and oxygen atoms in total. The fourth-order valence-corrected chi connectivity index (χ4v) is 7.98. The topological polar surface area (TPSA) is 113 Å². The number of allylic oxidation sites excluding steroid dienone is 2. The van der Waals surface area contributed by atoms with Crippen LogP contribution < -0.4 is 4.74 Å². The van der Waals surface area contributed by atoms with Gasteiger partial charge in [0, 0.05) is 29.3 Å². The van der Waals surface area contributed by atoms with E-state index >= 15 is 0 Å². The molecule has 0 amide bonds. The molecule has 1 fully saturated rings. The Morgan fingerprint density at radius 2 is 1.80 bits per heavy atom. The number of ketones is 1. The van der Waals surface area contributed by atoms with Gasteiger partial charge in [0.25, 0.3) is 6.04 Å². The molecule has 1 aromatic rings. The van der Waals surface area contributed by atoms with Crippen molar-refractivity contribution in [3.8, 4) is 5.75 Å². The van der Waals surface area contributed by atoms with Crippen LogP contribution in [0.5, 0.6) is 5.75 Å². The lowest BCUT2D eigenvalue weighted by atomic mass is 9.68. The van der Waals surface area contributed by atoms with Crippen LogP contribution in [-0.4, -0.2) is 48.9 Å². The van der Waals surface area contributed by atoms with Gasteiger partial charge in [-0.1, -0.05) is 26.0 Å². The van der Waals surface area contributed by atoms with E-state index in [1.165, 1.54) is 14.0 Å². The van der Waals surface area contributed by atoms with Crippen molar-refractivity contribution >= 4 is 15.6 Å².